The summed E-state index contributed by atoms with van der Waals surface area (Å²) < 4.78 is 5.16. The van der Waals surface area contributed by atoms with Crippen molar-refractivity contribution in [3.05, 3.63) is 29.8 Å². The Balaban J connectivity index is 2.17. The molecule has 1 unspecified atom stereocenters. The lowest BCUT2D eigenvalue weighted by atomic mass is 10.0. The van der Waals surface area contributed by atoms with Crippen molar-refractivity contribution in [1.82, 2.24) is 4.90 Å². The Morgan fingerprint density at radius 2 is 2.00 bits per heavy atom. The normalized spacial score (nSPS) is 19.3. The number of hydrogen-bond donors (Lipinski definition) is 0. The van der Waals surface area contributed by atoms with Crippen LogP contribution in [0.3, 0.4) is 0 Å². The molecule has 3 nitrogen and oxygen atoms in total. The topological polar surface area (TPSA) is 29.5 Å². The van der Waals surface area contributed by atoms with Gasteiger partial charge in [0.1, 0.15) is 5.75 Å². The summed E-state index contributed by atoms with van der Waals surface area (Å²) in [4.78, 5) is 14.2. The van der Waals surface area contributed by atoms with E-state index in [0.717, 1.165) is 25.1 Å². The number of methoxy groups -OCH3 is 1. The van der Waals surface area contributed by atoms with Gasteiger partial charge < -0.3 is 9.64 Å². The van der Waals surface area contributed by atoms with Crippen molar-refractivity contribution in [1.29, 1.82) is 0 Å². The molecule has 1 heterocycles. The number of amides is 1. The number of benzene rings is 1. The standard InChI is InChI=1S/C15H21NO2/c1-11(2)15(17)16-10-4-5-14(16)12-6-8-13(18-3)9-7-12/h6-9,11,14H,4-5,10H2,1-3H3. The molecule has 0 bridgehead atoms. The molecule has 1 amide bonds. The summed E-state index contributed by atoms with van der Waals surface area (Å²) in [6.07, 6.45) is 2.15. The van der Waals surface area contributed by atoms with E-state index in [-0.39, 0.29) is 17.9 Å². The lowest BCUT2D eigenvalue weighted by Crippen LogP contribution is -2.33. The first-order chi connectivity index (χ1) is 8.63. The Morgan fingerprint density at radius 1 is 1.33 bits per heavy atom. The Hall–Kier alpha value is -1.51. The SMILES string of the molecule is COc1ccc(C2CCCN2C(=O)C(C)C)cc1. The third-order valence-electron chi connectivity index (χ3n) is 3.53. The van der Waals surface area contributed by atoms with Crippen molar-refractivity contribution in [2.24, 2.45) is 5.92 Å². The Morgan fingerprint density at radius 3 is 2.56 bits per heavy atom. The molecule has 0 aromatic heterocycles. The van der Waals surface area contributed by atoms with Gasteiger partial charge in [-0.15, -0.1) is 0 Å². The maximum absolute atomic E-state index is 12.2. The molecule has 1 aliphatic rings. The lowest BCUT2D eigenvalue weighted by molar-refractivity contribution is -0.135. The highest BCUT2D eigenvalue weighted by Crippen LogP contribution is 2.33. The Labute approximate surface area is 109 Å². The monoisotopic (exact) mass is 247 g/mol. The van der Waals surface area contributed by atoms with E-state index < -0.39 is 0 Å². The van der Waals surface area contributed by atoms with Crippen LogP contribution in [-0.2, 0) is 4.79 Å². The Bertz CT molecular complexity index is 411. The third kappa shape index (κ3) is 2.50. The van der Waals surface area contributed by atoms with Crippen LogP contribution in [0.4, 0.5) is 0 Å². The first kappa shape index (κ1) is 12.9. The number of hydrogen-bond acceptors (Lipinski definition) is 2. The van der Waals surface area contributed by atoms with Gasteiger partial charge >= 0.3 is 0 Å². The van der Waals surface area contributed by atoms with E-state index in [1.807, 2.05) is 30.9 Å². The number of ether oxygens (including phenoxy) is 1. The van der Waals surface area contributed by atoms with E-state index in [1.165, 1.54) is 5.56 Å². The van der Waals surface area contributed by atoms with E-state index in [0.29, 0.717) is 0 Å². The van der Waals surface area contributed by atoms with Crippen LogP contribution < -0.4 is 4.74 Å². The summed E-state index contributed by atoms with van der Waals surface area (Å²) in [7, 11) is 1.67. The molecule has 0 radical (unpaired) electrons. The Kier molecular flexibility index (Phi) is 3.90. The van der Waals surface area contributed by atoms with E-state index in [9.17, 15) is 4.79 Å². The predicted molar refractivity (Wildman–Crippen MR) is 71.5 cm³/mol. The zero-order chi connectivity index (χ0) is 13.1. The minimum atomic E-state index is 0.0730. The molecular formula is C15H21NO2. The summed E-state index contributed by atoms with van der Waals surface area (Å²) in [5.74, 6) is 1.19. The minimum absolute atomic E-state index is 0.0730. The molecule has 1 fully saturated rings. The second-order valence-electron chi connectivity index (χ2n) is 5.12. The molecule has 0 aliphatic carbocycles. The van der Waals surface area contributed by atoms with E-state index in [4.69, 9.17) is 4.74 Å². The van der Waals surface area contributed by atoms with E-state index in [1.54, 1.807) is 7.11 Å². The summed E-state index contributed by atoms with van der Waals surface area (Å²) >= 11 is 0. The maximum atomic E-state index is 12.2. The van der Waals surface area contributed by atoms with E-state index >= 15 is 0 Å². The maximum Gasteiger partial charge on any atom is 0.225 e. The van der Waals surface area contributed by atoms with Gasteiger partial charge in [-0.1, -0.05) is 26.0 Å². The van der Waals surface area contributed by atoms with Crippen LogP contribution in [0.1, 0.15) is 38.3 Å². The van der Waals surface area contributed by atoms with Crippen molar-refractivity contribution in [2.75, 3.05) is 13.7 Å². The van der Waals surface area contributed by atoms with Gasteiger partial charge in [-0.25, -0.2) is 0 Å². The zero-order valence-corrected chi connectivity index (χ0v) is 11.3. The highest BCUT2D eigenvalue weighted by atomic mass is 16.5. The molecule has 0 spiro atoms. The van der Waals surface area contributed by atoms with Crippen molar-refractivity contribution >= 4 is 5.91 Å². The number of nitrogens with zero attached hydrogens (tertiary/aromatic N) is 1. The summed E-state index contributed by atoms with van der Waals surface area (Å²) in [5.41, 5.74) is 1.21. The average Bonchev–Trinajstić information content (AvgIpc) is 2.87. The number of carbonyl (C=O) groups is 1. The van der Waals surface area contributed by atoms with Gasteiger partial charge in [-0.05, 0) is 30.5 Å². The molecular weight excluding hydrogens is 226 g/mol. The second kappa shape index (κ2) is 5.42. The van der Waals surface area contributed by atoms with Gasteiger partial charge in [0.05, 0.1) is 13.2 Å². The molecule has 1 aromatic carbocycles. The van der Waals surface area contributed by atoms with Crippen LogP contribution in [0.25, 0.3) is 0 Å². The quantitative estimate of drug-likeness (QED) is 0.821. The smallest absolute Gasteiger partial charge is 0.225 e. The van der Waals surface area contributed by atoms with Gasteiger partial charge in [-0.2, -0.15) is 0 Å². The van der Waals surface area contributed by atoms with E-state index in [2.05, 4.69) is 12.1 Å². The molecule has 2 rings (SSSR count). The number of carbonyl (C=O) groups excluding carboxylic acids is 1. The van der Waals surface area contributed by atoms with Crippen molar-refractivity contribution in [2.45, 2.75) is 32.7 Å². The minimum Gasteiger partial charge on any atom is -0.497 e. The van der Waals surface area contributed by atoms with Crippen LogP contribution >= 0.6 is 0 Å². The molecule has 18 heavy (non-hydrogen) atoms. The van der Waals surface area contributed by atoms with Crippen LogP contribution in [0.15, 0.2) is 24.3 Å². The second-order valence-corrected chi connectivity index (χ2v) is 5.12. The fraction of sp³-hybridized carbons (Fsp3) is 0.533. The molecule has 1 saturated heterocycles. The highest BCUT2D eigenvalue weighted by molar-refractivity contribution is 5.78. The average molecular weight is 247 g/mol. The molecule has 1 aliphatic heterocycles. The van der Waals surface area contributed by atoms with Crippen LogP contribution in [0.5, 0.6) is 5.75 Å². The van der Waals surface area contributed by atoms with Crippen LogP contribution in [0.2, 0.25) is 0 Å². The molecule has 3 heteroatoms. The van der Waals surface area contributed by atoms with Gasteiger partial charge in [0.2, 0.25) is 5.91 Å². The van der Waals surface area contributed by atoms with Crippen molar-refractivity contribution < 1.29 is 9.53 Å². The van der Waals surface area contributed by atoms with Gasteiger partial charge in [0, 0.05) is 12.5 Å². The summed E-state index contributed by atoms with van der Waals surface area (Å²) in [6, 6.07) is 8.30. The van der Waals surface area contributed by atoms with Gasteiger partial charge in [-0.3, -0.25) is 4.79 Å². The highest BCUT2D eigenvalue weighted by Gasteiger charge is 2.30. The molecule has 0 saturated carbocycles. The largest absolute Gasteiger partial charge is 0.497 e. The fourth-order valence-electron chi connectivity index (χ4n) is 2.53. The number of rotatable bonds is 3. The summed E-state index contributed by atoms with van der Waals surface area (Å²) in [6.45, 7) is 4.81. The number of likely N-dealkylation sites (tertiary alicyclic amines) is 1. The molecule has 0 N–H and O–H groups in total. The third-order valence-corrected chi connectivity index (χ3v) is 3.53. The molecule has 1 aromatic rings. The van der Waals surface area contributed by atoms with Gasteiger partial charge in [0.15, 0.2) is 0 Å². The first-order valence-corrected chi connectivity index (χ1v) is 6.58. The van der Waals surface area contributed by atoms with Crippen LogP contribution in [-0.4, -0.2) is 24.5 Å². The zero-order valence-electron chi connectivity index (χ0n) is 11.3. The van der Waals surface area contributed by atoms with Gasteiger partial charge in [0.25, 0.3) is 0 Å². The van der Waals surface area contributed by atoms with Crippen molar-refractivity contribution in [3.8, 4) is 5.75 Å². The fourth-order valence-corrected chi connectivity index (χ4v) is 2.53. The molecule has 98 valence electrons. The first-order valence-electron chi connectivity index (χ1n) is 6.58. The predicted octanol–water partition coefficient (Wildman–Crippen LogP) is 3.01. The lowest BCUT2D eigenvalue weighted by Gasteiger charge is -2.26. The van der Waals surface area contributed by atoms with Crippen molar-refractivity contribution in [3.63, 3.8) is 0 Å². The summed E-state index contributed by atoms with van der Waals surface area (Å²) in [5, 5.41) is 0. The van der Waals surface area contributed by atoms with Crippen LogP contribution in [0, 0.1) is 5.92 Å². The molecule has 1 atom stereocenters.